The van der Waals surface area contributed by atoms with Gasteiger partial charge in [0.05, 0.1) is 38.6 Å². The molecule has 2 saturated heterocycles. The second-order valence-corrected chi connectivity index (χ2v) is 9.93. The predicted octanol–water partition coefficient (Wildman–Crippen LogP) is 2.69. The second-order valence-electron chi connectivity index (χ2n) is 9.93. The summed E-state index contributed by atoms with van der Waals surface area (Å²) in [6.07, 6.45) is 7.50. The Morgan fingerprint density at radius 1 is 1.17 bits per heavy atom. The Balaban J connectivity index is 1.01. The molecule has 1 amide bonds. The topological polar surface area (TPSA) is 88.0 Å². The number of hydrogen-bond donors (Lipinski definition) is 1. The average molecular weight is 485 g/mol. The Morgan fingerprint density at radius 2 is 1.91 bits per heavy atom. The molecule has 5 rings (SSSR count). The van der Waals surface area contributed by atoms with Gasteiger partial charge < -0.3 is 24.4 Å². The molecular weight excluding hydrogens is 451 g/mol. The Kier molecular flexibility index (Phi) is 7.04. The lowest BCUT2D eigenvalue weighted by molar-refractivity contribution is -0.140. The van der Waals surface area contributed by atoms with E-state index in [0.717, 1.165) is 50.1 Å². The highest BCUT2D eigenvalue weighted by Crippen LogP contribution is 2.49. The molecule has 0 radical (unpaired) electrons. The summed E-state index contributed by atoms with van der Waals surface area (Å²) in [4.78, 5) is 24.7. The van der Waals surface area contributed by atoms with Crippen LogP contribution in [0.4, 0.5) is 10.3 Å². The van der Waals surface area contributed by atoms with Crippen molar-refractivity contribution < 1.29 is 23.8 Å². The molecule has 188 valence electrons. The molecule has 2 atom stereocenters. The summed E-state index contributed by atoms with van der Waals surface area (Å²) in [7, 11) is 1.61. The standard InChI is InChI=1S/C26H33FN4O4/c1-34-22-13-28-26(29-14-22)30-7-4-17(5-8-30)23-10-18(23)6-9-35-21-3-2-19(24(27)12-21)11-25(33)31-15-20(32)16-31/h2-3,12-14,17-18,20,23,32H,4-11,15-16H2,1H3/t18-,23?/m1/s1. The molecular formula is C26H33FN4O4. The number of β-amino-alcohol motifs (C(OH)–C–C–N with tert-alkyl or cyclic N) is 1. The van der Waals surface area contributed by atoms with Crippen LogP contribution in [0.3, 0.4) is 0 Å². The van der Waals surface area contributed by atoms with Crippen LogP contribution in [0.1, 0.15) is 31.2 Å². The van der Waals surface area contributed by atoms with Crippen LogP contribution in [0.15, 0.2) is 30.6 Å². The molecule has 35 heavy (non-hydrogen) atoms. The average Bonchev–Trinajstić information content (AvgIpc) is 3.63. The van der Waals surface area contributed by atoms with Crippen LogP contribution in [0.5, 0.6) is 11.5 Å². The van der Waals surface area contributed by atoms with Crippen molar-refractivity contribution in [3.63, 3.8) is 0 Å². The molecule has 3 heterocycles. The summed E-state index contributed by atoms with van der Waals surface area (Å²) < 4.78 is 25.4. The van der Waals surface area contributed by atoms with Crippen LogP contribution in [-0.2, 0) is 11.2 Å². The number of hydrogen-bond acceptors (Lipinski definition) is 7. The van der Waals surface area contributed by atoms with Gasteiger partial charge in [0.25, 0.3) is 0 Å². The molecule has 2 aromatic rings. The lowest BCUT2D eigenvalue weighted by Gasteiger charge is -2.35. The fourth-order valence-electron chi connectivity index (χ4n) is 5.31. The molecule has 8 nitrogen and oxygen atoms in total. The maximum absolute atomic E-state index is 14.4. The Bertz CT molecular complexity index is 1020. The highest BCUT2D eigenvalue weighted by atomic mass is 19.1. The molecule has 1 unspecified atom stereocenters. The van der Waals surface area contributed by atoms with Crippen LogP contribution < -0.4 is 14.4 Å². The number of halogens is 1. The number of carbonyl (C=O) groups excluding carboxylic acids is 1. The van der Waals surface area contributed by atoms with Crippen molar-refractivity contribution in [2.24, 2.45) is 17.8 Å². The van der Waals surface area contributed by atoms with Crippen LogP contribution in [-0.4, -0.2) is 71.9 Å². The molecule has 1 aromatic heterocycles. The molecule has 3 aliphatic rings. The predicted molar refractivity (Wildman–Crippen MR) is 128 cm³/mol. The first-order valence-electron chi connectivity index (χ1n) is 12.5. The fraction of sp³-hybridized carbons (Fsp3) is 0.577. The first-order valence-corrected chi connectivity index (χ1v) is 12.5. The number of piperidine rings is 1. The van der Waals surface area contributed by atoms with E-state index in [0.29, 0.717) is 42.7 Å². The summed E-state index contributed by atoms with van der Waals surface area (Å²) in [5, 5.41) is 9.31. The second kappa shape index (κ2) is 10.4. The zero-order chi connectivity index (χ0) is 24.4. The number of aliphatic hydroxyl groups excluding tert-OH is 1. The van der Waals surface area contributed by atoms with Gasteiger partial charge in [-0.1, -0.05) is 6.07 Å². The number of nitrogens with zero attached hydrogens (tertiary/aromatic N) is 4. The van der Waals surface area contributed by atoms with Crippen LogP contribution in [0, 0.1) is 23.6 Å². The van der Waals surface area contributed by atoms with Crippen molar-refractivity contribution >= 4 is 11.9 Å². The van der Waals surface area contributed by atoms with E-state index >= 15 is 0 Å². The van der Waals surface area contributed by atoms with Crippen LogP contribution in [0.25, 0.3) is 0 Å². The first-order chi connectivity index (χ1) is 17.0. The minimum Gasteiger partial charge on any atom is -0.494 e. The molecule has 1 aliphatic carbocycles. The maximum atomic E-state index is 14.4. The number of anilines is 1. The zero-order valence-corrected chi connectivity index (χ0v) is 20.1. The number of aliphatic hydroxyl groups is 1. The van der Waals surface area contributed by atoms with Gasteiger partial charge in [-0.25, -0.2) is 14.4 Å². The summed E-state index contributed by atoms with van der Waals surface area (Å²) in [5.41, 5.74) is 0.359. The van der Waals surface area contributed by atoms with Gasteiger partial charge in [-0.2, -0.15) is 0 Å². The van der Waals surface area contributed by atoms with Gasteiger partial charge in [-0.3, -0.25) is 4.79 Å². The van der Waals surface area contributed by atoms with Gasteiger partial charge in [0.1, 0.15) is 11.6 Å². The van der Waals surface area contributed by atoms with Crippen molar-refractivity contribution in [2.75, 3.05) is 44.8 Å². The van der Waals surface area contributed by atoms with Gasteiger partial charge in [0.15, 0.2) is 5.75 Å². The summed E-state index contributed by atoms with van der Waals surface area (Å²) in [6.45, 7) is 3.19. The number of ether oxygens (including phenoxy) is 2. The molecule has 2 aliphatic heterocycles. The lowest BCUT2D eigenvalue weighted by Crippen LogP contribution is -2.54. The first kappa shape index (κ1) is 23.8. The monoisotopic (exact) mass is 484 g/mol. The van der Waals surface area contributed by atoms with Gasteiger partial charge in [-0.15, -0.1) is 0 Å². The van der Waals surface area contributed by atoms with Crippen molar-refractivity contribution in [3.8, 4) is 11.5 Å². The molecule has 9 heteroatoms. The largest absolute Gasteiger partial charge is 0.494 e. The third kappa shape index (κ3) is 5.66. The Hall–Kier alpha value is -2.94. The smallest absolute Gasteiger partial charge is 0.227 e. The molecule has 1 saturated carbocycles. The van der Waals surface area contributed by atoms with Crippen molar-refractivity contribution in [1.29, 1.82) is 0 Å². The van der Waals surface area contributed by atoms with E-state index in [1.54, 1.807) is 31.6 Å². The van der Waals surface area contributed by atoms with Crippen molar-refractivity contribution in [1.82, 2.24) is 14.9 Å². The summed E-state index contributed by atoms with van der Waals surface area (Å²) in [5.74, 6) is 3.52. The highest BCUT2D eigenvalue weighted by Gasteiger charge is 2.43. The molecule has 0 bridgehead atoms. The van der Waals surface area contributed by atoms with Gasteiger partial charge in [-0.05, 0) is 55.1 Å². The van der Waals surface area contributed by atoms with E-state index in [4.69, 9.17) is 9.47 Å². The molecule has 1 aromatic carbocycles. The van der Waals surface area contributed by atoms with Gasteiger partial charge in [0, 0.05) is 32.2 Å². The van der Waals surface area contributed by atoms with Crippen LogP contribution in [0.2, 0.25) is 0 Å². The fourth-order valence-corrected chi connectivity index (χ4v) is 5.31. The van der Waals surface area contributed by atoms with E-state index in [1.807, 2.05) is 0 Å². The minimum atomic E-state index is -0.451. The molecule has 3 fully saturated rings. The summed E-state index contributed by atoms with van der Waals surface area (Å²) in [6, 6.07) is 4.73. The number of aromatic nitrogens is 2. The zero-order valence-electron chi connectivity index (χ0n) is 20.1. The maximum Gasteiger partial charge on any atom is 0.227 e. The van der Waals surface area contributed by atoms with Crippen LogP contribution >= 0.6 is 0 Å². The Labute approximate surface area is 205 Å². The summed E-state index contributed by atoms with van der Waals surface area (Å²) >= 11 is 0. The Morgan fingerprint density at radius 3 is 2.57 bits per heavy atom. The number of rotatable bonds is 9. The minimum absolute atomic E-state index is 0.00595. The number of amides is 1. The number of methoxy groups -OCH3 is 1. The number of benzene rings is 1. The van der Waals surface area contributed by atoms with E-state index in [1.165, 1.54) is 17.4 Å². The molecule has 0 spiro atoms. The SMILES string of the molecule is COc1cnc(N2CCC(C3C[C@H]3CCOc3ccc(CC(=O)N4CC(O)C4)c(F)c3)CC2)nc1. The van der Waals surface area contributed by atoms with E-state index in [9.17, 15) is 14.3 Å². The highest BCUT2D eigenvalue weighted by molar-refractivity contribution is 5.79. The normalized spacial score (nSPS) is 22.6. The van der Waals surface area contributed by atoms with E-state index in [2.05, 4.69) is 14.9 Å². The third-order valence-corrected chi connectivity index (χ3v) is 7.59. The molecule has 1 N–H and O–H groups in total. The van der Waals surface area contributed by atoms with Gasteiger partial charge >= 0.3 is 0 Å². The quantitative estimate of drug-likeness (QED) is 0.586. The van der Waals surface area contributed by atoms with E-state index < -0.39 is 11.9 Å². The number of carbonyl (C=O) groups is 1. The lowest BCUT2D eigenvalue weighted by atomic mass is 9.90. The van der Waals surface area contributed by atoms with E-state index in [-0.39, 0.29) is 12.3 Å². The van der Waals surface area contributed by atoms with Crippen molar-refractivity contribution in [2.45, 2.75) is 38.2 Å². The number of likely N-dealkylation sites (tertiary alicyclic amines) is 1. The van der Waals surface area contributed by atoms with Crippen molar-refractivity contribution in [3.05, 3.63) is 42.0 Å². The third-order valence-electron chi connectivity index (χ3n) is 7.59. The van der Waals surface area contributed by atoms with Gasteiger partial charge in [0.2, 0.25) is 11.9 Å².